The second-order valence-electron chi connectivity index (χ2n) is 3.59. The number of hydrogen-bond donors (Lipinski definition) is 1. The molecule has 1 atom stereocenters. The number of hydrogen-bond acceptors (Lipinski definition) is 2. The second kappa shape index (κ2) is 6.03. The van der Waals surface area contributed by atoms with Gasteiger partial charge in [-0.3, -0.25) is 4.98 Å². The quantitative estimate of drug-likeness (QED) is 0.828. The van der Waals surface area contributed by atoms with Gasteiger partial charge in [0.05, 0.1) is 0 Å². The zero-order valence-corrected chi connectivity index (χ0v) is 10.8. The van der Waals surface area contributed by atoms with Gasteiger partial charge in [0, 0.05) is 22.9 Å². The lowest BCUT2D eigenvalue weighted by atomic mass is 10.0. The van der Waals surface area contributed by atoms with E-state index in [1.165, 1.54) is 11.1 Å². The zero-order chi connectivity index (χ0) is 11.3. The first-order chi connectivity index (χ1) is 7.17. The monoisotopic (exact) mass is 268 g/mol. The Morgan fingerprint density at radius 2 is 2.33 bits per heavy atom. The van der Waals surface area contributed by atoms with Gasteiger partial charge < -0.3 is 5.32 Å². The fourth-order valence-corrected chi connectivity index (χ4v) is 1.82. The van der Waals surface area contributed by atoms with E-state index in [2.05, 4.69) is 45.8 Å². The van der Waals surface area contributed by atoms with Crippen molar-refractivity contribution in [3.63, 3.8) is 0 Å². The third-order valence-electron chi connectivity index (χ3n) is 2.47. The molecule has 0 saturated heterocycles. The number of aromatic nitrogens is 1. The fourth-order valence-electron chi connectivity index (χ4n) is 1.44. The molecule has 15 heavy (non-hydrogen) atoms. The molecule has 0 aliphatic heterocycles. The molecule has 0 amide bonds. The van der Waals surface area contributed by atoms with E-state index < -0.39 is 0 Å². The molecule has 3 heteroatoms. The summed E-state index contributed by atoms with van der Waals surface area (Å²) in [7, 11) is 1.97. The van der Waals surface area contributed by atoms with Crippen molar-refractivity contribution in [1.29, 1.82) is 0 Å². The first kappa shape index (κ1) is 12.4. The highest BCUT2D eigenvalue weighted by molar-refractivity contribution is 9.10. The minimum Gasteiger partial charge on any atom is -0.313 e. The fraction of sp³-hybridized carbons (Fsp3) is 0.417. The molecule has 0 bridgehead atoms. The number of nitrogens with one attached hydrogen (secondary N) is 1. The molecule has 1 aromatic rings. The molecular formula is C12H17BrN2. The molecule has 82 valence electrons. The molecule has 0 aliphatic rings. The highest BCUT2D eigenvalue weighted by Gasteiger charge is 2.10. The van der Waals surface area contributed by atoms with Crippen LogP contribution in [0.25, 0.3) is 0 Å². The van der Waals surface area contributed by atoms with Crippen molar-refractivity contribution in [3.05, 3.63) is 40.6 Å². The molecule has 0 aromatic carbocycles. The maximum absolute atomic E-state index is 4.17. The van der Waals surface area contributed by atoms with Crippen LogP contribution in [0.5, 0.6) is 0 Å². The predicted molar refractivity (Wildman–Crippen MR) is 67.8 cm³/mol. The number of halogens is 1. The molecule has 1 heterocycles. The van der Waals surface area contributed by atoms with Crippen LogP contribution >= 0.6 is 15.9 Å². The molecular weight excluding hydrogens is 252 g/mol. The third kappa shape index (κ3) is 3.76. The van der Waals surface area contributed by atoms with Crippen LogP contribution in [-0.2, 0) is 0 Å². The molecule has 2 nitrogen and oxygen atoms in total. The summed E-state index contributed by atoms with van der Waals surface area (Å²) in [4.78, 5) is 4.17. The van der Waals surface area contributed by atoms with Crippen LogP contribution in [0.3, 0.4) is 0 Å². The van der Waals surface area contributed by atoms with Crippen LogP contribution in [0, 0.1) is 0 Å². The summed E-state index contributed by atoms with van der Waals surface area (Å²) >= 11 is 3.43. The van der Waals surface area contributed by atoms with E-state index in [4.69, 9.17) is 0 Å². The summed E-state index contributed by atoms with van der Waals surface area (Å²) in [6.45, 7) is 6.17. The van der Waals surface area contributed by atoms with E-state index in [1.807, 2.05) is 13.2 Å². The first-order valence-electron chi connectivity index (χ1n) is 5.11. The Bertz CT molecular complexity index is 336. The summed E-state index contributed by atoms with van der Waals surface area (Å²) in [5, 5.41) is 3.29. The van der Waals surface area contributed by atoms with Gasteiger partial charge in [-0.2, -0.15) is 0 Å². The molecule has 0 saturated carbocycles. The Balaban J connectivity index is 2.78. The topological polar surface area (TPSA) is 24.9 Å². The lowest BCUT2D eigenvalue weighted by Gasteiger charge is -2.17. The van der Waals surface area contributed by atoms with Gasteiger partial charge in [-0.05, 0) is 47.4 Å². The van der Waals surface area contributed by atoms with Gasteiger partial charge in [-0.25, -0.2) is 0 Å². The SMILES string of the molecule is C=C(CC)CC(NC)c1cncc(Br)c1. The summed E-state index contributed by atoms with van der Waals surface area (Å²) in [5.41, 5.74) is 2.45. The van der Waals surface area contributed by atoms with Crippen molar-refractivity contribution in [3.8, 4) is 0 Å². The average molecular weight is 269 g/mol. The summed E-state index contributed by atoms with van der Waals surface area (Å²) < 4.78 is 1.02. The highest BCUT2D eigenvalue weighted by Crippen LogP contribution is 2.22. The van der Waals surface area contributed by atoms with Crippen LogP contribution in [-0.4, -0.2) is 12.0 Å². The van der Waals surface area contributed by atoms with Crippen LogP contribution < -0.4 is 5.32 Å². The summed E-state index contributed by atoms with van der Waals surface area (Å²) in [6.07, 6.45) is 5.68. The van der Waals surface area contributed by atoms with Crippen molar-refractivity contribution < 1.29 is 0 Å². The van der Waals surface area contributed by atoms with Crippen molar-refractivity contribution in [2.45, 2.75) is 25.8 Å². The Kier molecular flexibility index (Phi) is 4.99. The Morgan fingerprint density at radius 3 is 2.87 bits per heavy atom. The number of pyridine rings is 1. The Hall–Kier alpha value is -0.670. The van der Waals surface area contributed by atoms with E-state index in [0.717, 1.165) is 17.3 Å². The van der Waals surface area contributed by atoms with E-state index in [1.54, 1.807) is 6.20 Å². The Morgan fingerprint density at radius 1 is 1.60 bits per heavy atom. The normalized spacial score (nSPS) is 12.5. The van der Waals surface area contributed by atoms with Crippen LogP contribution in [0.4, 0.5) is 0 Å². The predicted octanol–water partition coefficient (Wildman–Crippen LogP) is 3.46. The minimum atomic E-state index is 0.308. The smallest absolute Gasteiger partial charge is 0.0410 e. The van der Waals surface area contributed by atoms with Gasteiger partial charge in [0.2, 0.25) is 0 Å². The Labute approximate surface area is 99.9 Å². The van der Waals surface area contributed by atoms with Gasteiger partial charge >= 0.3 is 0 Å². The third-order valence-corrected chi connectivity index (χ3v) is 2.90. The zero-order valence-electron chi connectivity index (χ0n) is 9.26. The van der Waals surface area contributed by atoms with Crippen molar-refractivity contribution in [1.82, 2.24) is 10.3 Å². The molecule has 1 rings (SSSR count). The van der Waals surface area contributed by atoms with Crippen molar-refractivity contribution in [2.24, 2.45) is 0 Å². The first-order valence-corrected chi connectivity index (χ1v) is 5.91. The largest absolute Gasteiger partial charge is 0.313 e. The minimum absolute atomic E-state index is 0.308. The number of nitrogens with zero attached hydrogens (tertiary/aromatic N) is 1. The van der Waals surface area contributed by atoms with E-state index in [-0.39, 0.29) is 0 Å². The molecule has 0 fully saturated rings. The second-order valence-corrected chi connectivity index (χ2v) is 4.50. The van der Waals surface area contributed by atoms with Gasteiger partial charge in [0.25, 0.3) is 0 Å². The maximum atomic E-state index is 4.17. The molecule has 1 N–H and O–H groups in total. The van der Waals surface area contributed by atoms with Crippen LogP contribution in [0.15, 0.2) is 35.1 Å². The van der Waals surface area contributed by atoms with Gasteiger partial charge in [-0.1, -0.05) is 19.1 Å². The molecule has 1 unspecified atom stereocenters. The molecule has 0 spiro atoms. The molecule has 1 aromatic heterocycles. The van der Waals surface area contributed by atoms with Gasteiger partial charge in [-0.15, -0.1) is 0 Å². The van der Waals surface area contributed by atoms with Crippen LogP contribution in [0.1, 0.15) is 31.4 Å². The summed E-state index contributed by atoms with van der Waals surface area (Å²) in [5.74, 6) is 0. The molecule has 0 aliphatic carbocycles. The number of rotatable bonds is 5. The van der Waals surface area contributed by atoms with E-state index >= 15 is 0 Å². The van der Waals surface area contributed by atoms with Crippen LogP contribution in [0.2, 0.25) is 0 Å². The standard InChI is InChI=1S/C12H17BrN2/c1-4-9(2)5-12(14-3)10-6-11(13)8-15-7-10/h6-8,12,14H,2,4-5H2,1,3H3. The molecule has 0 radical (unpaired) electrons. The average Bonchev–Trinajstić information content (AvgIpc) is 2.25. The van der Waals surface area contributed by atoms with Crippen molar-refractivity contribution >= 4 is 15.9 Å². The maximum Gasteiger partial charge on any atom is 0.0410 e. The van der Waals surface area contributed by atoms with Gasteiger partial charge in [0.15, 0.2) is 0 Å². The van der Waals surface area contributed by atoms with Gasteiger partial charge in [0.1, 0.15) is 0 Å². The van der Waals surface area contributed by atoms with Crippen molar-refractivity contribution in [2.75, 3.05) is 7.05 Å². The van der Waals surface area contributed by atoms with E-state index in [0.29, 0.717) is 6.04 Å². The lowest BCUT2D eigenvalue weighted by Crippen LogP contribution is -2.17. The highest BCUT2D eigenvalue weighted by atomic mass is 79.9. The lowest BCUT2D eigenvalue weighted by molar-refractivity contribution is 0.580. The van der Waals surface area contributed by atoms with E-state index in [9.17, 15) is 0 Å². The summed E-state index contributed by atoms with van der Waals surface area (Å²) in [6, 6.07) is 2.40.